The summed E-state index contributed by atoms with van der Waals surface area (Å²) in [6, 6.07) is 5.95. The van der Waals surface area contributed by atoms with E-state index in [0.717, 1.165) is 48.0 Å². The van der Waals surface area contributed by atoms with E-state index < -0.39 is 0 Å². The highest BCUT2D eigenvalue weighted by molar-refractivity contribution is 7.09. The third-order valence-corrected chi connectivity index (χ3v) is 4.91. The molecule has 112 valence electrons. The van der Waals surface area contributed by atoms with E-state index in [-0.39, 0.29) is 5.91 Å². The van der Waals surface area contributed by atoms with Gasteiger partial charge >= 0.3 is 0 Å². The number of imidazole rings is 1. The van der Waals surface area contributed by atoms with Crippen LogP contribution in [0.25, 0.3) is 17.0 Å². The molecule has 0 bridgehead atoms. The van der Waals surface area contributed by atoms with E-state index in [1.807, 2.05) is 39.9 Å². The molecule has 6 heteroatoms. The average molecular weight is 312 g/mol. The van der Waals surface area contributed by atoms with Crippen LogP contribution in [0.5, 0.6) is 0 Å². The second kappa shape index (κ2) is 5.53. The number of rotatable bonds is 4. The average Bonchev–Trinajstić information content (AvgIpc) is 3.24. The minimum Gasteiger partial charge on any atom is -0.342 e. The van der Waals surface area contributed by atoms with E-state index in [2.05, 4.69) is 10.4 Å². The zero-order chi connectivity index (χ0) is 14.9. The summed E-state index contributed by atoms with van der Waals surface area (Å²) in [5.41, 5.74) is 2.89. The lowest BCUT2D eigenvalue weighted by Gasteiger charge is -2.13. The fourth-order valence-electron chi connectivity index (χ4n) is 2.84. The van der Waals surface area contributed by atoms with Crippen molar-refractivity contribution >= 4 is 22.9 Å². The number of amides is 1. The van der Waals surface area contributed by atoms with Crippen LogP contribution in [-0.4, -0.2) is 38.3 Å². The maximum Gasteiger partial charge on any atom is 0.222 e. The number of likely N-dealkylation sites (tertiary alicyclic amines) is 1. The maximum atomic E-state index is 11.6. The Kier molecular flexibility index (Phi) is 3.38. The molecule has 3 aromatic heterocycles. The largest absolute Gasteiger partial charge is 0.342 e. The molecule has 5 nitrogen and oxygen atoms in total. The van der Waals surface area contributed by atoms with Crippen molar-refractivity contribution in [3.8, 4) is 11.4 Å². The van der Waals surface area contributed by atoms with Gasteiger partial charge in [0, 0.05) is 37.5 Å². The molecule has 1 saturated heterocycles. The molecule has 0 aromatic carbocycles. The van der Waals surface area contributed by atoms with Crippen LogP contribution in [0, 0.1) is 0 Å². The summed E-state index contributed by atoms with van der Waals surface area (Å²) in [6.45, 7) is 1.67. The molecule has 1 amide bonds. The number of carbonyl (C=O) groups excluding carboxylic acids is 1. The van der Waals surface area contributed by atoms with E-state index in [0.29, 0.717) is 6.42 Å². The summed E-state index contributed by atoms with van der Waals surface area (Å²) >= 11 is 1.65. The number of nitrogens with zero attached hydrogens (tertiary/aromatic N) is 4. The van der Waals surface area contributed by atoms with Gasteiger partial charge in [-0.25, -0.2) is 9.97 Å². The predicted molar refractivity (Wildman–Crippen MR) is 85.8 cm³/mol. The Morgan fingerprint density at radius 1 is 1.32 bits per heavy atom. The Bertz CT molecular complexity index is 822. The molecule has 22 heavy (non-hydrogen) atoms. The van der Waals surface area contributed by atoms with Crippen LogP contribution >= 0.6 is 11.3 Å². The molecule has 4 heterocycles. The summed E-state index contributed by atoms with van der Waals surface area (Å²) < 4.78 is 2.04. The zero-order valence-corrected chi connectivity index (χ0v) is 12.9. The molecule has 0 saturated carbocycles. The molecule has 0 radical (unpaired) electrons. The SMILES string of the molecule is O=C1CCCN1CCc1nc(-c2cnc3ccccn23)cs1. The molecule has 0 atom stereocenters. The summed E-state index contributed by atoms with van der Waals surface area (Å²) in [6.07, 6.45) is 6.37. The van der Waals surface area contributed by atoms with Crippen molar-refractivity contribution in [1.29, 1.82) is 0 Å². The fourth-order valence-corrected chi connectivity index (χ4v) is 3.62. The van der Waals surface area contributed by atoms with Crippen LogP contribution in [0.1, 0.15) is 17.8 Å². The summed E-state index contributed by atoms with van der Waals surface area (Å²) in [5.74, 6) is 0.276. The third-order valence-electron chi connectivity index (χ3n) is 4.00. The van der Waals surface area contributed by atoms with E-state index in [1.165, 1.54) is 0 Å². The fraction of sp³-hybridized carbons (Fsp3) is 0.312. The van der Waals surface area contributed by atoms with Crippen molar-refractivity contribution in [3.05, 3.63) is 41.0 Å². The molecule has 1 aliphatic heterocycles. The van der Waals surface area contributed by atoms with Gasteiger partial charge in [0.05, 0.1) is 22.6 Å². The highest BCUT2D eigenvalue weighted by Gasteiger charge is 2.20. The normalized spacial score (nSPS) is 15.1. The standard InChI is InChI=1S/C16H16N4OS/c21-16-5-3-7-19(16)9-6-15-18-12(11-22-15)13-10-17-14-4-1-2-8-20(13)14/h1-2,4,8,10-11H,3,5-7,9H2. The predicted octanol–water partition coefficient (Wildman–Crippen LogP) is 2.62. The van der Waals surface area contributed by atoms with Crippen LogP contribution in [0.4, 0.5) is 0 Å². The Hall–Kier alpha value is -2.21. The molecule has 0 aliphatic carbocycles. The number of fused-ring (bicyclic) bond motifs is 1. The van der Waals surface area contributed by atoms with Gasteiger partial charge in [0.1, 0.15) is 5.65 Å². The van der Waals surface area contributed by atoms with E-state index in [4.69, 9.17) is 4.98 Å². The molecule has 4 rings (SSSR count). The summed E-state index contributed by atoms with van der Waals surface area (Å²) in [5, 5.41) is 3.14. The Balaban J connectivity index is 1.52. The molecular weight excluding hydrogens is 296 g/mol. The lowest BCUT2D eigenvalue weighted by atomic mass is 10.3. The first-order chi connectivity index (χ1) is 10.8. The molecule has 0 N–H and O–H groups in total. The quantitative estimate of drug-likeness (QED) is 0.744. The van der Waals surface area contributed by atoms with Gasteiger partial charge in [-0.05, 0) is 18.6 Å². The van der Waals surface area contributed by atoms with Gasteiger partial charge < -0.3 is 4.90 Å². The summed E-state index contributed by atoms with van der Waals surface area (Å²) in [7, 11) is 0. The highest BCUT2D eigenvalue weighted by Crippen LogP contribution is 2.23. The van der Waals surface area contributed by atoms with E-state index in [9.17, 15) is 4.79 Å². The lowest BCUT2D eigenvalue weighted by Crippen LogP contribution is -2.26. The van der Waals surface area contributed by atoms with Crippen LogP contribution in [0.2, 0.25) is 0 Å². The second-order valence-electron chi connectivity index (χ2n) is 5.43. The Morgan fingerprint density at radius 3 is 3.14 bits per heavy atom. The first-order valence-corrected chi connectivity index (χ1v) is 8.34. The summed E-state index contributed by atoms with van der Waals surface area (Å²) in [4.78, 5) is 22.7. The number of pyridine rings is 1. The van der Waals surface area contributed by atoms with Crippen LogP contribution in [0.15, 0.2) is 36.0 Å². The number of carbonyl (C=O) groups is 1. The maximum absolute atomic E-state index is 11.6. The van der Waals surface area contributed by atoms with Crippen molar-refractivity contribution in [1.82, 2.24) is 19.3 Å². The smallest absolute Gasteiger partial charge is 0.222 e. The van der Waals surface area contributed by atoms with Gasteiger partial charge in [-0.3, -0.25) is 9.20 Å². The molecule has 3 aromatic rings. The van der Waals surface area contributed by atoms with Gasteiger partial charge in [-0.2, -0.15) is 0 Å². The van der Waals surface area contributed by atoms with Crippen molar-refractivity contribution in [2.75, 3.05) is 13.1 Å². The van der Waals surface area contributed by atoms with Gasteiger partial charge in [-0.1, -0.05) is 6.07 Å². The number of aromatic nitrogens is 3. The van der Waals surface area contributed by atoms with Crippen molar-refractivity contribution in [3.63, 3.8) is 0 Å². The zero-order valence-electron chi connectivity index (χ0n) is 12.1. The van der Waals surface area contributed by atoms with E-state index in [1.54, 1.807) is 11.3 Å². The number of hydrogen-bond donors (Lipinski definition) is 0. The Morgan fingerprint density at radius 2 is 2.27 bits per heavy atom. The Labute approximate surface area is 132 Å². The van der Waals surface area contributed by atoms with E-state index >= 15 is 0 Å². The molecule has 0 spiro atoms. The van der Waals surface area contributed by atoms with Crippen molar-refractivity contribution < 1.29 is 4.79 Å². The second-order valence-corrected chi connectivity index (χ2v) is 6.38. The van der Waals surface area contributed by atoms with Gasteiger partial charge in [0.15, 0.2) is 0 Å². The first kappa shape index (κ1) is 13.5. The topological polar surface area (TPSA) is 50.5 Å². The first-order valence-electron chi connectivity index (χ1n) is 7.46. The molecule has 0 unspecified atom stereocenters. The van der Waals surface area contributed by atoms with Crippen LogP contribution in [-0.2, 0) is 11.2 Å². The highest BCUT2D eigenvalue weighted by atomic mass is 32.1. The molecule has 1 fully saturated rings. The lowest BCUT2D eigenvalue weighted by molar-refractivity contribution is -0.127. The van der Waals surface area contributed by atoms with Crippen molar-refractivity contribution in [2.24, 2.45) is 0 Å². The van der Waals surface area contributed by atoms with Gasteiger partial charge in [-0.15, -0.1) is 11.3 Å². The van der Waals surface area contributed by atoms with Gasteiger partial charge in [0.25, 0.3) is 0 Å². The van der Waals surface area contributed by atoms with Crippen LogP contribution in [0.3, 0.4) is 0 Å². The monoisotopic (exact) mass is 312 g/mol. The van der Waals surface area contributed by atoms with Crippen LogP contribution < -0.4 is 0 Å². The van der Waals surface area contributed by atoms with Gasteiger partial charge in [0.2, 0.25) is 5.91 Å². The molecular formula is C16H16N4OS. The number of thiazole rings is 1. The number of hydrogen-bond acceptors (Lipinski definition) is 4. The van der Waals surface area contributed by atoms with Crippen molar-refractivity contribution in [2.45, 2.75) is 19.3 Å². The molecule has 1 aliphatic rings. The third kappa shape index (κ3) is 2.39. The minimum absolute atomic E-state index is 0.276. The minimum atomic E-state index is 0.276.